The summed E-state index contributed by atoms with van der Waals surface area (Å²) in [5, 5.41) is 24.3. The van der Waals surface area contributed by atoms with E-state index in [1.807, 2.05) is 12.1 Å². The van der Waals surface area contributed by atoms with Crippen molar-refractivity contribution in [1.29, 1.82) is 0 Å². The van der Waals surface area contributed by atoms with Gasteiger partial charge in [0.2, 0.25) is 0 Å². The van der Waals surface area contributed by atoms with Crippen LogP contribution in [0, 0.1) is 5.92 Å². The van der Waals surface area contributed by atoms with E-state index in [9.17, 15) is 10.2 Å². The summed E-state index contributed by atoms with van der Waals surface area (Å²) < 4.78 is 7.99. The molecule has 1 aliphatic heterocycles. The smallest absolute Gasteiger partial charge is 0.164 e. The third-order valence-corrected chi connectivity index (χ3v) is 7.21. The highest BCUT2D eigenvalue weighted by atomic mass is 35.5. The Balaban J connectivity index is 1.29. The van der Waals surface area contributed by atoms with Gasteiger partial charge in [0.25, 0.3) is 0 Å². The molecule has 1 unspecified atom stereocenters. The molecule has 10 nitrogen and oxygen atoms in total. The molecule has 0 radical (unpaired) electrons. The van der Waals surface area contributed by atoms with Crippen molar-refractivity contribution in [1.82, 2.24) is 24.5 Å². The van der Waals surface area contributed by atoms with Crippen molar-refractivity contribution >= 4 is 45.3 Å². The van der Waals surface area contributed by atoms with Gasteiger partial charge in [0.1, 0.15) is 35.3 Å². The van der Waals surface area contributed by atoms with E-state index in [1.165, 1.54) is 6.33 Å². The van der Waals surface area contributed by atoms with E-state index in [-0.39, 0.29) is 11.7 Å². The number of hydrogen-bond acceptors (Lipinski definition) is 9. The van der Waals surface area contributed by atoms with Crippen molar-refractivity contribution < 1.29 is 14.9 Å². The maximum atomic E-state index is 11.4. The summed E-state index contributed by atoms with van der Waals surface area (Å²) in [6.45, 7) is 0. The summed E-state index contributed by atoms with van der Waals surface area (Å²) in [7, 11) is 0. The van der Waals surface area contributed by atoms with Crippen LogP contribution in [0.25, 0.3) is 22.1 Å². The summed E-state index contributed by atoms with van der Waals surface area (Å²) in [5.74, 6) is 0.546. The molecule has 0 spiro atoms. The van der Waals surface area contributed by atoms with Gasteiger partial charge in [-0.05, 0) is 49.4 Å². The number of anilines is 2. The van der Waals surface area contributed by atoms with E-state index >= 15 is 0 Å². The maximum Gasteiger partial charge on any atom is 0.164 e. The fourth-order valence-corrected chi connectivity index (χ4v) is 5.38. The van der Waals surface area contributed by atoms with Crippen molar-refractivity contribution in [3.63, 3.8) is 0 Å². The maximum absolute atomic E-state index is 11.4. The van der Waals surface area contributed by atoms with Crippen LogP contribution in [-0.2, 0) is 11.2 Å². The molecular formula is C22H22ClN7O3. The molecule has 4 aromatic heterocycles. The van der Waals surface area contributed by atoms with Crippen molar-refractivity contribution in [3.05, 3.63) is 47.5 Å². The predicted octanol–water partition coefficient (Wildman–Crippen LogP) is 1.83. The molecule has 4 aromatic rings. The second kappa shape index (κ2) is 7.22. The lowest BCUT2D eigenvalue weighted by molar-refractivity contribution is -0.0675. The van der Waals surface area contributed by atoms with Crippen LogP contribution in [0.4, 0.5) is 11.6 Å². The number of nitrogens with zero attached hydrogens (tertiary/aromatic N) is 5. The average molecular weight is 468 g/mol. The topological polar surface area (TPSA) is 158 Å². The third-order valence-electron chi connectivity index (χ3n) is 6.91. The normalized spacial score (nSPS) is 29.2. The molecule has 1 saturated heterocycles. The molecule has 2 fully saturated rings. The van der Waals surface area contributed by atoms with E-state index in [2.05, 4.69) is 19.9 Å². The van der Waals surface area contributed by atoms with Gasteiger partial charge in [0, 0.05) is 17.3 Å². The van der Waals surface area contributed by atoms with Crippen LogP contribution in [0.15, 0.2) is 36.8 Å². The number of aliphatic hydroxyl groups is 2. The average Bonchev–Trinajstić information content (AvgIpc) is 3.42. The second-order valence-corrected chi connectivity index (χ2v) is 9.22. The SMILES string of the molecule is Nc1nc2nc(C[C@@H]3CC[C@]4(O)C(O)[C@H](n5ccc6c(N)ncnc65)O[C@H]34)ccc2cc1Cl. The number of hydrogen-bond donors (Lipinski definition) is 4. The molecule has 1 saturated carbocycles. The number of ether oxygens (including phenoxy) is 1. The zero-order valence-corrected chi connectivity index (χ0v) is 18.2. The first-order valence-corrected chi connectivity index (χ1v) is 11.1. The van der Waals surface area contributed by atoms with Crippen molar-refractivity contribution in [3.8, 4) is 0 Å². The van der Waals surface area contributed by atoms with E-state index in [0.29, 0.717) is 46.8 Å². The Morgan fingerprint density at radius 3 is 2.88 bits per heavy atom. The summed E-state index contributed by atoms with van der Waals surface area (Å²) in [6.07, 6.45) is 2.33. The van der Waals surface area contributed by atoms with Gasteiger partial charge in [-0.3, -0.25) is 0 Å². The Hall–Kier alpha value is -3.05. The number of nitrogens with two attached hydrogens (primary N) is 2. The number of halogens is 1. The van der Waals surface area contributed by atoms with Gasteiger partial charge in [-0.15, -0.1) is 0 Å². The van der Waals surface area contributed by atoms with Crippen LogP contribution in [0.5, 0.6) is 0 Å². The van der Waals surface area contributed by atoms with Crippen LogP contribution in [0.1, 0.15) is 24.8 Å². The Kier molecular flexibility index (Phi) is 4.50. The molecule has 170 valence electrons. The fraction of sp³-hybridized carbons (Fsp3) is 0.364. The van der Waals surface area contributed by atoms with Crippen molar-refractivity contribution in [2.24, 2.45) is 5.92 Å². The molecule has 11 heteroatoms. The molecule has 6 rings (SSSR count). The fourth-order valence-electron chi connectivity index (χ4n) is 5.22. The van der Waals surface area contributed by atoms with Gasteiger partial charge in [0.05, 0.1) is 16.5 Å². The molecule has 0 bridgehead atoms. The van der Waals surface area contributed by atoms with Gasteiger partial charge >= 0.3 is 0 Å². The molecule has 33 heavy (non-hydrogen) atoms. The molecule has 5 heterocycles. The highest BCUT2D eigenvalue weighted by molar-refractivity contribution is 6.33. The molecule has 0 aromatic carbocycles. The first-order valence-electron chi connectivity index (χ1n) is 10.7. The first-order chi connectivity index (χ1) is 15.8. The molecule has 0 amide bonds. The monoisotopic (exact) mass is 467 g/mol. The standard InChI is InChI=1S/C22H22ClN7O3/c23-14-8-11-1-2-12(28-19(11)29-18(14)25)7-10-3-5-22(32)15(31)21(33-16(10)22)30-6-4-13-17(24)26-9-27-20(13)30/h1-2,4,6,8-10,15-16,21,31-32H,3,5,7H2,(H2,24,26,27)(H2,25,28,29)/t10-,15?,16+,21+,22-/m0/s1. The van der Waals surface area contributed by atoms with E-state index in [0.717, 1.165) is 11.1 Å². The van der Waals surface area contributed by atoms with Crippen LogP contribution in [0.2, 0.25) is 5.02 Å². The van der Waals surface area contributed by atoms with Crippen molar-refractivity contribution in [2.45, 2.75) is 43.3 Å². The molecule has 2 aliphatic rings. The van der Waals surface area contributed by atoms with Crippen molar-refractivity contribution in [2.75, 3.05) is 11.5 Å². The van der Waals surface area contributed by atoms with Gasteiger partial charge < -0.3 is 31.0 Å². The molecular weight excluding hydrogens is 446 g/mol. The lowest BCUT2D eigenvalue weighted by atomic mass is 9.91. The summed E-state index contributed by atoms with van der Waals surface area (Å²) in [6, 6.07) is 7.33. The molecule has 5 atom stereocenters. The number of rotatable bonds is 3. The van der Waals surface area contributed by atoms with Crippen LogP contribution in [-0.4, -0.2) is 52.5 Å². The Labute approximate surface area is 193 Å². The Morgan fingerprint density at radius 2 is 2.03 bits per heavy atom. The largest absolute Gasteiger partial charge is 0.385 e. The minimum absolute atomic E-state index is 0.0363. The number of nitrogen functional groups attached to an aromatic ring is 2. The number of aliphatic hydroxyl groups excluding tert-OH is 1. The summed E-state index contributed by atoms with van der Waals surface area (Å²) in [5.41, 5.74) is 12.3. The zero-order chi connectivity index (χ0) is 22.9. The molecule has 6 N–H and O–H groups in total. The van der Waals surface area contributed by atoms with E-state index < -0.39 is 24.0 Å². The minimum Gasteiger partial charge on any atom is -0.385 e. The minimum atomic E-state index is -1.36. The number of fused-ring (bicyclic) bond motifs is 3. The van der Waals surface area contributed by atoms with Gasteiger partial charge in [-0.2, -0.15) is 0 Å². The predicted molar refractivity (Wildman–Crippen MR) is 122 cm³/mol. The number of aromatic nitrogens is 5. The van der Waals surface area contributed by atoms with Gasteiger partial charge in [-0.1, -0.05) is 11.6 Å². The van der Waals surface area contributed by atoms with E-state index in [1.54, 1.807) is 22.9 Å². The van der Waals surface area contributed by atoms with E-state index in [4.69, 9.17) is 27.8 Å². The first kappa shape index (κ1) is 20.5. The number of pyridine rings is 2. The molecule has 1 aliphatic carbocycles. The zero-order valence-electron chi connectivity index (χ0n) is 17.5. The van der Waals surface area contributed by atoms with Gasteiger partial charge in [-0.25, -0.2) is 19.9 Å². The van der Waals surface area contributed by atoms with Gasteiger partial charge in [0.15, 0.2) is 11.9 Å². The lowest BCUT2D eigenvalue weighted by Gasteiger charge is -2.26. The highest BCUT2D eigenvalue weighted by Gasteiger charge is 2.61. The van der Waals surface area contributed by atoms with Crippen LogP contribution >= 0.6 is 11.6 Å². The van der Waals surface area contributed by atoms with Crippen LogP contribution < -0.4 is 11.5 Å². The lowest BCUT2D eigenvalue weighted by Crippen LogP contribution is -2.45. The Morgan fingerprint density at radius 1 is 1.18 bits per heavy atom. The third kappa shape index (κ3) is 3.06. The summed E-state index contributed by atoms with van der Waals surface area (Å²) in [4.78, 5) is 17.2. The highest BCUT2D eigenvalue weighted by Crippen LogP contribution is 2.50. The summed E-state index contributed by atoms with van der Waals surface area (Å²) >= 11 is 6.06. The van der Waals surface area contributed by atoms with Crippen LogP contribution in [0.3, 0.4) is 0 Å². The quantitative estimate of drug-likeness (QED) is 0.352. The second-order valence-electron chi connectivity index (χ2n) is 8.81. The Bertz CT molecular complexity index is 1400.